The Morgan fingerprint density at radius 3 is 1.96 bits per heavy atom. The van der Waals surface area contributed by atoms with Crippen molar-refractivity contribution in [2.24, 2.45) is 0 Å². The van der Waals surface area contributed by atoms with Gasteiger partial charge in [0.1, 0.15) is 11.2 Å². The Hall–Kier alpha value is -6.17. The minimum absolute atomic E-state index is 0.0502. The molecule has 0 unspecified atom stereocenters. The molecule has 7 aromatic carbocycles. The number of nitrogens with zero attached hydrogens (tertiary/aromatic N) is 3. The van der Waals surface area contributed by atoms with Crippen molar-refractivity contribution in [3.05, 3.63) is 151 Å². The molecule has 3 heterocycles. The third-order valence-corrected chi connectivity index (χ3v) is 9.58. The highest BCUT2D eigenvalue weighted by Gasteiger charge is 2.20. The van der Waals surface area contributed by atoms with Crippen molar-refractivity contribution in [3.8, 4) is 45.3 Å². The van der Waals surface area contributed by atoms with Gasteiger partial charge >= 0.3 is 0 Å². The number of aromatic nitrogens is 3. The Morgan fingerprint density at radius 1 is 0.500 bits per heavy atom. The summed E-state index contributed by atoms with van der Waals surface area (Å²) in [6, 6.07) is 27.1. The fourth-order valence-corrected chi connectivity index (χ4v) is 7.47. The van der Waals surface area contributed by atoms with Crippen LogP contribution in [0.1, 0.15) is 12.3 Å². The van der Waals surface area contributed by atoms with Crippen LogP contribution in [0.2, 0.25) is 0 Å². The maximum Gasteiger partial charge on any atom is 0.164 e. The lowest BCUT2D eigenvalue weighted by Gasteiger charge is -2.12. The van der Waals surface area contributed by atoms with Gasteiger partial charge < -0.3 is 4.42 Å². The number of fused-ring (bicyclic) bond motifs is 8. The first-order valence-electron chi connectivity index (χ1n) is 19.7. The van der Waals surface area contributed by atoms with Gasteiger partial charge in [-0.2, -0.15) is 0 Å². The first-order chi connectivity index (χ1) is 27.5. The van der Waals surface area contributed by atoms with Gasteiger partial charge in [0.2, 0.25) is 0 Å². The molecule has 48 heavy (non-hydrogen) atoms. The average molecular weight is 641 g/mol. The van der Waals surface area contributed by atoms with Gasteiger partial charge in [0.25, 0.3) is 0 Å². The zero-order chi connectivity index (χ0) is 39.4. The minimum atomic E-state index is -0.552. The lowest BCUT2D eigenvalue weighted by Crippen LogP contribution is -2.01. The van der Waals surface area contributed by atoms with E-state index in [1.807, 2.05) is 84.9 Å². The number of thiophene rings is 1. The minimum Gasteiger partial charge on any atom is -0.455 e. The fraction of sp³-hybridized carbons (Fsp3) is 0. The summed E-state index contributed by atoms with van der Waals surface area (Å²) < 4.78 is 87.6. The smallest absolute Gasteiger partial charge is 0.164 e. The van der Waals surface area contributed by atoms with Gasteiger partial charge in [-0.05, 0) is 46.8 Å². The summed E-state index contributed by atoms with van der Waals surface area (Å²) in [6.45, 7) is 0. The summed E-state index contributed by atoms with van der Waals surface area (Å²) >= 11 is 1.64. The maximum atomic E-state index is 9.74. The Kier molecular flexibility index (Phi) is 4.34. The number of benzene rings is 7. The van der Waals surface area contributed by atoms with Crippen LogP contribution in [0.3, 0.4) is 0 Å². The van der Waals surface area contributed by atoms with Gasteiger partial charge in [-0.3, -0.25) is 0 Å². The lowest BCUT2D eigenvalue weighted by molar-refractivity contribution is 0.672. The fourth-order valence-electron chi connectivity index (χ4n) is 6.30. The summed E-state index contributed by atoms with van der Waals surface area (Å²) in [5, 5.41) is 1.87. The SMILES string of the molecule is [2H]c1c([2H])c([2H])c2c(oc3c4c([2H])c([2H])c([2H])c([2H])c4c(-c4nc(-c5ccccc5)nc(-c5cc(-c6ccccc6)c6c(c5)sc5ccccc56)n4)c([2H])c32)c1[2H]. The molecule has 0 radical (unpaired) electrons. The van der Waals surface area contributed by atoms with Crippen molar-refractivity contribution in [2.75, 3.05) is 0 Å². The summed E-state index contributed by atoms with van der Waals surface area (Å²) in [7, 11) is 0. The van der Waals surface area contributed by atoms with E-state index >= 15 is 0 Å². The molecule has 5 heteroatoms. The van der Waals surface area contributed by atoms with Crippen LogP contribution in [0, 0.1) is 0 Å². The summed E-state index contributed by atoms with van der Waals surface area (Å²) in [5.74, 6) is 0.442. The molecule has 0 saturated heterocycles. The van der Waals surface area contributed by atoms with Crippen molar-refractivity contribution >= 4 is 64.2 Å². The molecule has 0 bridgehead atoms. The average Bonchev–Trinajstić information content (AvgIpc) is 3.83. The molecule has 224 valence electrons. The van der Waals surface area contributed by atoms with Crippen LogP contribution < -0.4 is 0 Å². The van der Waals surface area contributed by atoms with Crippen LogP contribution in [0.4, 0.5) is 0 Å². The van der Waals surface area contributed by atoms with Gasteiger partial charge in [0, 0.05) is 53.0 Å². The quantitative estimate of drug-likeness (QED) is 0.192. The van der Waals surface area contributed by atoms with Crippen molar-refractivity contribution in [3.63, 3.8) is 0 Å². The Balaban J connectivity index is 1.36. The van der Waals surface area contributed by atoms with Crippen LogP contribution in [-0.4, -0.2) is 15.0 Å². The number of furan rings is 1. The normalized spacial score (nSPS) is 14.4. The number of hydrogen-bond donors (Lipinski definition) is 0. The van der Waals surface area contributed by atoms with E-state index in [-0.39, 0.29) is 61.8 Å². The van der Waals surface area contributed by atoms with E-state index in [1.54, 1.807) is 11.3 Å². The Bertz CT molecular complexity index is 3350. The molecular formula is C43H25N3OS. The zero-order valence-corrected chi connectivity index (χ0v) is 25.7. The number of rotatable bonds is 4. The third-order valence-electron chi connectivity index (χ3n) is 8.46. The highest BCUT2D eigenvalue weighted by molar-refractivity contribution is 7.26. The molecule has 0 aliphatic heterocycles. The second kappa shape index (κ2) is 10.7. The van der Waals surface area contributed by atoms with E-state index in [0.29, 0.717) is 11.1 Å². The molecule has 0 saturated carbocycles. The van der Waals surface area contributed by atoms with Crippen LogP contribution in [0.15, 0.2) is 156 Å². The van der Waals surface area contributed by atoms with E-state index < -0.39 is 48.3 Å². The first kappa shape index (κ1) is 19.5. The van der Waals surface area contributed by atoms with Crippen molar-refractivity contribution in [1.82, 2.24) is 15.0 Å². The first-order valence-corrected chi connectivity index (χ1v) is 16.0. The Morgan fingerprint density at radius 2 is 1.15 bits per heavy atom. The predicted molar refractivity (Wildman–Crippen MR) is 199 cm³/mol. The third kappa shape index (κ3) is 4.25. The van der Waals surface area contributed by atoms with E-state index in [4.69, 9.17) is 30.3 Å². The van der Waals surface area contributed by atoms with E-state index in [1.165, 1.54) is 0 Å². The second-order valence-corrected chi connectivity index (χ2v) is 12.4. The van der Waals surface area contributed by atoms with Crippen molar-refractivity contribution < 1.29 is 16.8 Å². The molecule has 0 fully saturated rings. The molecular weight excluding hydrogens is 607 g/mol. The molecule has 0 amide bonds. The van der Waals surface area contributed by atoms with Gasteiger partial charge in [-0.25, -0.2) is 15.0 Å². The molecule has 0 aliphatic rings. The molecule has 0 atom stereocenters. The van der Waals surface area contributed by atoms with Crippen LogP contribution in [-0.2, 0) is 0 Å². The molecule has 4 nitrogen and oxygen atoms in total. The van der Waals surface area contributed by atoms with Crippen molar-refractivity contribution in [1.29, 1.82) is 0 Å². The monoisotopic (exact) mass is 640 g/mol. The van der Waals surface area contributed by atoms with Crippen LogP contribution >= 0.6 is 11.3 Å². The van der Waals surface area contributed by atoms with Gasteiger partial charge in [0.15, 0.2) is 17.5 Å². The van der Waals surface area contributed by atoms with E-state index in [0.717, 1.165) is 31.3 Å². The second-order valence-electron chi connectivity index (χ2n) is 11.3. The molecule has 0 spiro atoms. The van der Waals surface area contributed by atoms with Gasteiger partial charge in [-0.1, -0.05) is 121 Å². The maximum absolute atomic E-state index is 9.74. The summed E-state index contributed by atoms with van der Waals surface area (Å²) in [5.41, 5.74) is 2.78. The molecule has 0 N–H and O–H groups in total. The molecule has 0 aliphatic carbocycles. The van der Waals surface area contributed by atoms with Crippen LogP contribution in [0.5, 0.6) is 0 Å². The molecule has 3 aromatic heterocycles. The molecule has 10 rings (SSSR count). The number of para-hydroxylation sites is 1. The molecule has 10 aromatic rings. The highest BCUT2D eigenvalue weighted by Crippen LogP contribution is 2.43. The lowest BCUT2D eigenvalue weighted by atomic mass is 9.96. The van der Waals surface area contributed by atoms with Crippen LogP contribution in [0.25, 0.3) is 98.2 Å². The summed E-state index contributed by atoms with van der Waals surface area (Å²) in [4.78, 5) is 14.9. The number of hydrogen-bond acceptors (Lipinski definition) is 5. The predicted octanol–water partition coefficient (Wildman–Crippen LogP) is 12.0. The van der Waals surface area contributed by atoms with E-state index in [9.17, 15) is 1.37 Å². The van der Waals surface area contributed by atoms with Gasteiger partial charge in [0.05, 0.1) is 12.3 Å². The zero-order valence-electron chi connectivity index (χ0n) is 33.9. The van der Waals surface area contributed by atoms with Crippen molar-refractivity contribution in [2.45, 2.75) is 0 Å². The van der Waals surface area contributed by atoms with E-state index in [2.05, 4.69) is 12.1 Å². The standard InChI is InChI=1S/C43H25N3OS/c1-3-13-26(14-4-1)33-23-28(24-38-39(33)32-20-10-12-22-37(32)48-38)42-44-41(27-15-5-2-6-16-27)45-43(46-42)35-25-34-30-18-9-11-21-36(30)47-40(34)31-19-8-7-17-29(31)35/h1-25H/i7D,8D,9D,11D,17D,18D,19D,21D,25D. The Labute approximate surface area is 292 Å². The van der Waals surface area contributed by atoms with Gasteiger partial charge in [-0.15, -0.1) is 11.3 Å². The largest absolute Gasteiger partial charge is 0.455 e. The summed E-state index contributed by atoms with van der Waals surface area (Å²) in [6.07, 6.45) is 0. The highest BCUT2D eigenvalue weighted by atomic mass is 32.1. The topological polar surface area (TPSA) is 51.8 Å².